The molecule has 2 aromatic rings. The van der Waals surface area contributed by atoms with Crippen molar-refractivity contribution in [1.29, 1.82) is 0 Å². The van der Waals surface area contributed by atoms with Crippen molar-refractivity contribution in [3.63, 3.8) is 0 Å². The summed E-state index contributed by atoms with van der Waals surface area (Å²) in [6, 6.07) is 8.15. The predicted octanol–water partition coefficient (Wildman–Crippen LogP) is 3.78. The topological polar surface area (TPSA) is 78.3 Å². The Morgan fingerprint density at radius 1 is 1.15 bits per heavy atom. The first kappa shape index (κ1) is 14.5. The number of hydrogen-bond acceptors (Lipinski definition) is 3. The third-order valence-corrected chi connectivity index (χ3v) is 3.21. The molecular weight excluding hydrogens is 299 g/mol. The van der Waals surface area contributed by atoms with Crippen LogP contribution in [-0.2, 0) is 0 Å². The number of carbonyl (C=O) groups is 1. The minimum absolute atomic E-state index is 0.103. The van der Waals surface area contributed by atoms with Crippen LogP contribution in [0.5, 0.6) is 11.5 Å². The molecule has 104 valence electrons. The largest absolute Gasteiger partial charge is 0.453 e. The van der Waals surface area contributed by atoms with Crippen molar-refractivity contribution in [3.05, 3.63) is 51.5 Å². The summed E-state index contributed by atoms with van der Waals surface area (Å²) in [6.45, 7) is 1.90. The van der Waals surface area contributed by atoms with Crippen molar-refractivity contribution >= 4 is 34.8 Å². The van der Waals surface area contributed by atoms with Crippen LogP contribution in [0.25, 0.3) is 0 Å². The summed E-state index contributed by atoms with van der Waals surface area (Å²) in [5.74, 6) is -0.164. The monoisotopic (exact) mass is 310 g/mol. The van der Waals surface area contributed by atoms with Gasteiger partial charge in [0.15, 0.2) is 5.75 Å². The SMILES string of the molecule is Cc1ccc(Oc2c(Cl)cc(N)cc2C(N)=O)c(Cl)c1. The second-order valence-electron chi connectivity index (χ2n) is 4.28. The Bertz CT molecular complexity index is 687. The van der Waals surface area contributed by atoms with Gasteiger partial charge in [-0.1, -0.05) is 29.3 Å². The van der Waals surface area contributed by atoms with Crippen molar-refractivity contribution in [2.75, 3.05) is 5.73 Å². The summed E-state index contributed by atoms with van der Waals surface area (Å²) in [7, 11) is 0. The van der Waals surface area contributed by atoms with E-state index in [2.05, 4.69) is 0 Å². The summed E-state index contributed by atoms with van der Waals surface area (Å²) < 4.78 is 5.62. The molecule has 20 heavy (non-hydrogen) atoms. The van der Waals surface area contributed by atoms with E-state index >= 15 is 0 Å². The second kappa shape index (κ2) is 5.61. The van der Waals surface area contributed by atoms with Crippen LogP contribution < -0.4 is 16.2 Å². The van der Waals surface area contributed by atoms with E-state index in [0.717, 1.165) is 5.56 Å². The first-order chi connectivity index (χ1) is 9.38. The Labute approximate surface area is 126 Å². The molecule has 6 heteroatoms. The Morgan fingerprint density at radius 3 is 2.45 bits per heavy atom. The normalized spacial score (nSPS) is 10.3. The molecule has 4 N–H and O–H groups in total. The molecule has 0 saturated heterocycles. The van der Waals surface area contributed by atoms with E-state index in [0.29, 0.717) is 16.5 Å². The molecule has 0 aliphatic heterocycles. The highest BCUT2D eigenvalue weighted by molar-refractivity contribution is 6.33. The van der Waals surface area contributed by atoms with Gasteiger partial charge in [-0.05, 0) is 36.8 Å². The lowest BCUT2D eigenvalue weighted by molar-refractivity contribution is 0.0998. The lowest BCUT2D eigenvalue weighted by atomic mass is 10.1. The average Bonchev–Trinajstić information content (AvgIpc) is 2.34. The highest BCUT2D eigenvalue weighted by atomic mass is 35.5. The number of rotatable bonds is 3. The maximum Gasteiger partial charge on any atom is 0.252 e. The molecule has 4 nitrogen and oxygen atoms in total. The van der Waals surface area contributed by atoms with Gasteiger partial charge in [0, 0.05) is 5.69 Å². The zero-order valence-corrected chi connectivity index (χ0v) is 12.1. The molecule has 0 bridgehead atoms. The van der Waals surface area contributed by atoms with Crippen LogP contribution in [0, 0.1) is 6.92 Å². The van der Waals surface area contributed by atoms with E-state index < -0.39 is 5.91 Å². The van der Waals surface area contributed by atoms with Gasteiger partial charge in [0.25, 0.3) is 5.91 Å². The standard InChI is InChI=1S/C14H12Cl2N2O2/c1-7-2-3-12(10(15)4-7)20-13-9(14(18)19)5-8(17)6-11(13)16/h2-6H,17H2,1H3,(H2,18,19). The number of amides is 1. The van der Waals surface area contributed by atoms with E-state index in [9.17, 15) is 4.79 Å². The van der Waals surface area contributed by atoms with Crippen molar-refractivity contribution in [2.24, 2.45) is 5.73 Å². The van der Waals surface area contributed by atoms with Crippen molar-refractivity contribution < 1.29 is 9.53 Å². The number of benzene rings is 2. The Morgan fingerprint density at radius 2 is 1.85 bits per heavy atom. The van der Waals surface area contributed by atoms with Crippen LogP contribution >= 0.6 is 23.2 Å². The lowest BCUT2D eigenvalue weighted by Gasteiger charge is -2.13. The molecule has 0 aliphatic carbocycles. The van der Waals surface area contributed by atoms with Gasteiger partial charge in [0.2, 0.25) is 0 Å². The van der Waals surface area contributed by atoms with Gasteiger partial charge < -0.3 is 16.2 Å². The number of carbonyl (C=O) groups excluding carboxylic acids is 1. The lowest BCUT2D eigenvalue weighted by Crippen LogP contribution is -2.13. The van der Waals surface area contributed by atoms with Gasteiger partial charge in [-0.2, -0.15) is 0 Å². The number of primary amides is 1. The van der Waals surface area contributed by atoms with Crippen molar-refractivity contribution in [1.82, 2.24) is 0 Å². The summed E-state index contributed by atoms with van der Waals surface area (Å²) in [5, 5.41) is 0.601. The van der Waals surface area contributed by atoms with Gasteiger partial charge in [-0.25, -0.2) is 0 Å². The van der Waals surface area contributed by atoms with Crippen molar-refractivity contribution in [3.8, 4) is 11.5 Å². The van der Waals surface area contributed by atoms with Crippen LogP contribution in [0.1, 0.15) is 15.9 Å². The molecule has 0 fully saturated rings. The molecule has 1 amide bonds. The van der Waals surface area contributed by atoms with E-state index in [4.69, 9.17) is 39.4 Å². The Kier molecular flexibility index (Phi) is 4.06. The number of hydrogen-bond donors (Lipinski definition) is 2. The third kappa shape index (κ3) is 2.98. The fourth-order valence-electron chi connectivity index (χ4n) is 1.70. The number of nitrogens with two attached hydrogens (primary N) is 2. The number of halogens is 2. The number of aryl methyl sites for hydroxylation is 1. The van der Waals surface area contributed by atoms with Crippen LogP contribution in [0.4, 0.5) is 5.69 Å². The molecule has 0 heterocycles. The summed E-state index contributed by atoms with van der Waals surface area (Å²) in [5.41, 5.74) is 12.4. The van der Waals surface area contributed by atoms with E-state index in [1.54, 1.807) is 12.1 Å². The highest BCUT2D eigenvalue weighted by Crippen LogP contribution is 2.37. The zero-order chi connectivity index (χ0) is 14.9. The number of anilines is 1. The van der Waals surface area contributed by atoms with Gasteiger partial charge in [-0.15, -0.1) is 0 Å². The highest BCUT2D eigenvalue weighted by Gasteiger charge is 2.16. The van der Waals surface area contributed by atoms with Crippen LogP contribution in [0.15, 0.2) is 30.3 Å². The van der Waals surface area contributed by atoms with Gasteiger partial charge in [0.05, 0.1) is 15.6 Å². The van der Waals surface area contributed by atoms with Crippen LogP contribution in [0.3, 0.4) is 0 Å². The molecule has 0 spiro atoms. The van der Waals surface area contributed by atoms with E-state index in [-0.39, 0.29) is 16.3 Å². The maximum absolute atomic E-state index is 11.5. The molecule has 0 radical (unpaired) electrons. The maximum atomic E-state index is 11.5. The number of nitrogen functional groups attached to an aromatic ring is 1. The fraction of sp³-hybridized carbons (Fsp3) is 0.0714. The van der Waals surface area contributed by atoms with Gasteiger partial charge in [0.1, 0.15) is 5.75 Å². The van der Waals surface area contributed by atoms with Crippen molar-refractivity contribution in [2.45, 2.75) is 6.92 Å². The van der Waals surface area contributed by atoms with Crippen LogP contribution in [-0.4, -0.2) is 5.91 Å². The molecule has 0 unspecified atom stereocenters. The van der Waals surface area contributed by atoms with E-state index in [1.807, 2.05) is 13.0 Å². The van der Waals surface area contributed by atoms with Gasteiger partial charge >= 0.3 is 0 Å². The molecule has 0 saturated carbocycles. The molecule has 0 aliphatic rings. The zero-order valence-electron chi connectivity index (χ0n) is 10.6. The fourth-order valence-corrected chi connectivity index (χ4v) is 2.24. The third-order valence-electron chi connectivity index (χ3n) is 2.63. The second-order valence-corrected chi connectivity index (χ2v) is 5.09. The predicted molar refractivity (Wildman–Crippen MR) is 80.6 cm³/mol. The Balaban J connectivity index is 2.50. The minimum Gasteiger partial charge on any atom is -0.453 e. The quantitative estimate of drug-likeness (QED) is 0.847. The molecule has 0 aromatic heterocycles. The van der Waals surface area contributed by atoms with Gasteiger partial charge in [-0.3, -0.25) is 4.79 Å². The summed E-state index contributed by atoms with van der Waals surface area (Å²) in [6.07, 6.45) is 0. The molecular formula is C14H12Cl2N2O2. The minimum atomic E-state index is -0.683. The molecule has 2 aromatic carbocycles. The Hall–Kier alpha value is -1.91. The first-order valence-electron chi connectivity index (χ1n) is 5.71. The van der Waals surface area contributed by atoms with E-state index in [1.165, 1.54) is 12.1 Å². The number of ether oxygens (including phenoxy) is 1. The van der Waals surface area contributed by atoms with Crippen LogP contribution in [0.2, 0.25) is 10.0 Å². The summed E-state index contributed by atoms with van der Waals surface area (Å²) in [4.78, 5) is 11.5. The summed E-state index contributed by atoms with van der Waals surface area (Å²) >= 11 is 12.1. The molecule has 0 atom stereocenters. The smallest absolute Gasteiger partial charge is 0.252 e. The molecule has 2 rings (SSSR count). The first-order valence-corrected chi connectivity index (χ1v) is 6.47. The average molecular weight is 311 g/mol.